The van der Waals surface area contributed by atoms with Gasteiger partial charge >= 0.3 is 5.97 Å². The lowest BCUT2D eigenvalue weighted by Gasteiger charge is -2.15. The second kappa shape index (κ2) is 12.3. The molecule has 0 spiro atoms. The molecule has 5 heteroatoms. The van der Waals surface area contributed by atoms with Gasteiger partial charge in [0.1, 0.15) is 6.10 Å². The Hall–Kier alpha value is -3.26. The summed E-state index contributed by atoms with van der Waals surface area (Å²) in [5, 5.41) is 9.04. The number of nitrogens with zero attached hydrogens (tertiary/aromatic N) is 1. The zero-order chi connectivity index (χ0) is 21.8. The van der Waals surface area contributed by atoms with Gasteiger partial charge in [-0.1, -0.05) is 63.1 Å². The molecule has 1 atom stereocenters. The highest BCUT2D eigenvalue weighted by molar-refractivity contribution is 5.90. The van der Waals surface area contributed by atoms with Crippen molar-refractivity contribution < 1.29 is 19.0 Å². The van der Waals surface area contributed by atoms with Crippen LogP contribution in [0.3, 0.4) is 0 Å². The first kappa shape index (κ1) is 23.0. The van der Waals surface area contributed by atoms with Crippen LogP contribution in [-0.4, -0.2) is 19.2 Å². The van der Waals surface area contributed by atoms with Gasteiger partial charge in [-0.05, 0) is 42.5 Å². The van der Waals surface area contributed by atoms with Gasteiger partial charge < -0.3 is 14.2 Å². The molecule has 0 radical (unpaired) electrons. The van der Waals surface area contributed by atoms with E-state index in [1.165, 1.54) is 13.2 Å². The number of benzene rings is 2. The Kier molecular flexibility index (Phi) is 9.47. The fourth-order valence-electron chi connectivity index (χ4n) is 3.26. The average Bonchev–Trinajstić information content (AvgIpc) is 2.77. The van der Waals surface area contributed by atoms with Crippen molar-refractivity contribution in [2.75, 3.05) is 7.11 Å². The number of unbranched alkanes of at least 4 members (excludes halogenated alkanes) is 2. The Labute approximate surface area is 178 Å². The second-order valence-electron chi connectivity index (χ2n) is 6.91. The molecule has 0 heterocycles. The number of ether oxygens (including phenoxy) is 3. The number of hydrogen-bond acceptors (Lipinski definition) is 5. The Bertz CT molecular complexity index is 898. The van der Waals surface area contributed by atoms with Gasteiger partial charge in [0, 0.05) is 11.6 Å². The standard InChI is InChI=1S/C25H29NO4/c1-4-6-7-12-20(5-2)30-24(27)17-16-19-11-8-9-13-21(19)22-14-10-15-23(28-3)25(22)29-18-26/h8-11,13-17,20H,4-7,12H2,1-3H3. The first-order valence-corrected chi connectivity index (χ1v) is 10.4. The van der Waals surface area contributed by atoms with E-state index in [1.54, 1.807) is 18.4 Å². The van der Waals surface area contributed by atoms with Crippen molar-refractivity contribution in [3.05, 3.63) is 54.1 Å². The number of carbonyl (C=O) groups excluding carboxylic acids is 1. The Balaban J connectivity index is 2.24. The normalized spacial score (nSPS) is 11.7. The minimum absolute atomic E-state index is 0.0574. The number of esters is 1. The van der Waals surface area contributed by atoms with Gasteiger partial charge in [-0.2, -0.15) is 0 Å². The van der Waals surface area contributed by atoms with E-state index in [9.17, 15) is 4.79 Å². The van der Waals surface area contributed by atoms with Crippen LogP contribution in [0.4, 0.5) is 0 Å². The minimum atomic E-state index is -0.354. The van der Waals surface area contributed by atoms with Crippen LogP contribution < -0.4 is 9.47 Å². The number of para-hydroxylation sites is 1. The van der Waals surface area contributed by atoms with Crippen molar-refractivity contribution in [1.29, 1.82) is 5.26 Å². The molecule has 0 saturated carbocycles. The van der Waals surface area contributed by atoms with Crippen LogP contribution >= 0.6 is 0 Å². The molecular weight excluding hydrogens is 378 g/mol. The monoisotopic (exact) mass is 407 g/mol. The van der Waals surface area contributed by atoms with Gasteiger partial charge in [-0.25, -0.2) is 4.79 Å². The molecule has 0 amide bonds. The van der Waals surface area contributed by atoms with E-state index in [1.807, 2.05) is 43.3 Å². The lowest BCUT2D eigenvalue weighted by Crippen LogP contribution is -2.15. The van der Waals surface area contributed by atoms with Crippen molar-refractivity contribution >= 4 is 12.0 Å². The zero-order valence-electron chi connectivity index (χ0n) is 17.9. The maximum Gasteiger partial charge on any atom is 0.331 e. The van der Waals surface area contributed by atoms with E-state index in [0.29, 0.717) is 17.1 Å². The first-order chi connectivity index (χ1) is 14.6. The highest BCUT2D eigenvalue weighted by atomic mass is 16.5. The summed E-state index contributed by atoms with van der Waals surface area (Å²) in [5.41, 5.74) is 2.33. The highest BCUT2D eigenvalue weighted by Crippen LogP contribution is 2.39. The van der Waals surface area contributed by atoms with Gasteiger partial charge in [-0.3, -0.25) is 0 Å². The molecule has 0 saturated heterocycles. The van der Waals surface area contributed by atoms with Crippen molar-refractivity contribution in [2.45, 2.75) is 52.1 Å². The molecule has 0 aliphatic heterocycles. The predicted octanol–water partition coefficient (Wildman–Crippen LogP) is 6.14. The van der Waals surface area contributed by atoms with E-state index >= 15 is 0 Å². The number of rotatable bonds is 11. The zero-order valence-corrected chi connectivity index (χ0v) is 17.9. The molecule has 0 aliphatic carbocycles. The predicted molar refractivity (Wildman–Crippen MR) is 118 cm³/mol. The highest BCUT2D eigenvalue weighted by Gasteiger charge is 2.15. The maximum absolute atomic E-state index is 12.3. The topological polar surface area (TPSA) is 68.6 Å². The molecule has 2 aromatic carbocycles. The molecule has 0 aromatic heterocycles. The van der Waals surface area contributed by atoms with E-state index in [2.05, 4.69) is 6.92 Å². The molecule has 158 valence electrons. The molecule has 30 heavy (non-hydrogen) atoms. The van der Waals surface area contributed by atoms with E-state index < -0.39 is 0 Å². The lowest BCUT2D eigenvalue weighted by molar-refractivity contribution is -0.143. The average molecular weight is 408 g/mol. The van der Waals surface area contributed by atoms with Crippen LogP contribution in [0.15, 0.2) is 48.5 Å². The van der Waals surface area contributed by atoms with Crippen LogP contribution in [0.5, 0.6) is 11.5 Å². The van der Waals surface area contributed by atoms with Gasteiger partial charge in [0.05, 0.1) is 7.11 Å². The molecular formula is C25H29NO4. The van der Waals surface area contributed by atoms with Crippen molar-refractivity contribution in [1.82, 2.24) is 0 Å². The largest absolute Gasteiger partial charge is 0.493 e. The Morgan fingerprint density at radius 3 is 2.57 bits per heavy atom. The van der Waals surface area contributed by atoms with Crippen LogP contribution in [0.1, 0.15) is 51.5 Å². The van der Waals surface area contributed by atoms with E-state index in [0.717, 1.165) is 43.2 Å². The third-order valence-corrected chi connectivity index (χ3v) is 4.86. The number of hydrogen-bond donors (Lipinski definition) is 0. The summed E-state index contributed by atoms with van der Waals surface area (Å²) >= 11 is 0. The number of nitriles is 1. The number of carbonyl (C=O) groups is 1. The Morgan fingerprint density at radius 1 is 1.10 bits per heavy atom. The summed E-state index contributed by atoms with van der Waals surface area (Å²) in [6.45, 7) is 4.19. The van der Waals surface area contributed by atoms with Gasteiger partial charge in [0.2, 0.25) is 0 Å². The third-order valence-electron chi connectivity index (χ3n) is 4.86. The molecule has 0 N–H and O–H groups in total. The van der Waals surface area contributed by atoms with Crippen LogP contribution in [0.25, 0.3) is 17.2 Å². The molecule has 2 aromatic rings. The summed E-state index contributed by atoms with van der Waals surface area (Å²) in [5.74, 6) is 0.449. The van der Waals surface area contributed by atoms with Crippen molar-refractivity contribution in [2.24, 2.45) is 0 Å². The molecule has 2 rings (SSSR count). The van der Waals surface area contributed by atoms with Gasteiger partial charge in [0.15, 0.2) is 11.5 Å². The summed E-state index contributed by atoms with van der Waals surface area (Å²) in [6, 6.07) is 13.0. The Morgan fingerprint density at radius 2 is 1.87 bits per heavy atom. The van der Waals surface area contributed by atoms with Gasteiger partial charge in [-0.15, -0.1) is 5.26 Å². The molecule has 0 fully saturated rings. The first-order valence-electron chi connectivity index (χ1n) is 10.4. The SMILES string of the molecule is CCCCCC(CC)OC(=O)C=Cc1ccccc1-c1cccc(OC)c1OC#N. The van der Waals surface area contributed by atoms with Crippen molar-refractivity contribution in [3.8, 4) is 28.9 Å². The summed E-state index contributed by atoms with van der Waals surface area (Å²) < 4.78 is 16.1. The molecule has 5 nitrogen and oxygen atoms in total. The second-order valence-corrected chi connectivity index (χ2v) is 6.91. The fraction of sp³-hybridized carbons (Fsp3) is 0.360. The molecule has 1 unspecified atom stereocenters. The fourth-order valence-corrected chi connectivity index (χ4v) is 3.26. The molecule has 0 aliphatic rings. The van der Waals surface area contributed by atoms with Gasteiger partial charge in [0.25, 0.3) is 6.26 Å². The lowest BCUT2D eigenvalue weighted by atomic mass is 9.98. The molecule has 0 bridgehead atoms. The number of methoxy groups -OCH3 is 1. The van der Waals surface area contributed by atoms with E-state index in [-0.39, 0.29) is 12.1 Å². The summed E-state index contributed by atoms with van der Waals surface area (Å²) in [7, 11) is 1.52. The summed E-state index contributed by atoms with van der Waals surface area (Å²) in [6.07, 6.45) is 9.88. The van der Waals surface area contributed by atoms with E-state index in [4.69, 9.17) is 19.5 Å². The van der Waals surface area contributed by atoms with Crippen molar-refractivity contribution in [3.63, 3.8) is 0 Å². The minimum Gasteiger partial charge on any atom is -0.493 e. The maximum atomic E-state index is 12.3. The van der Waals surface area contributed by atoms with Crippen LogP contribution in [0.2, 0.25) is 0 Å². The summed E-state index contributed by atoms with van der Waals surface area (Å²) in [4.78, 5) is 12.3. The van der Waals surface area contributed by atoms with Crippen LogP contribution in [0, 0.1) is 11.5 Å². The third kappa shape index (κ3) is 6.38. The smallest absolute Gasteiger partial charge is 0.331 e. The quantitative estimate of drug-likeness (QED) is 0.194. The van der Waals surface area contributed by atoms with Crippen LogP contribution in [-0.2, 0) is 9.53 Å².